The third kappa shape index (κ3) is 45.7. The number of carboxylic acids is 1. The molecule has 1 fully saturated rings. The Morgan fingerprint density at radius 1 is 0.410 bits per heavy atom. The summed E-state index contributed by atoms with van der Waals surface area (Å²) in [4.78, 5) is 51.1. The number of unbranched alkanes of at least 4 members (excludes halogenated alkanes) is 3. The van der Waals surface area contributed by atoms with Crippen LogP contribution in [0.2, 0.25) is 0 Å². The van der Waals surface area contributed by atoms with Gasteiger partial charge in [0.25, 0.3) is 0 Å². The molecule has 1 heterocycles. The maximum atomic E-state index is 13.2. The van der Waals surface area contributed by atoms with Crippen LogP contribution in [0.1, 0.15) is 175 Å². The number of carbonyl (C=O) groups is 4. The summed E-state index contributed by atoms with van der Waals surface area (Å²) in [5, 5.41) is 31.5. The van der Waals surface area contributed by atoms with Crippen molar-refractivity contribution in [2.75, 3.05) is 13.2 Å². The maximum Gasteiger partial charge on any atom is 0.335 e. The quantitative estimate of drug-likeness (QED) is 0.0228. The molecule has 458 valence electrons. The van der Waals surface area contributed by atoms with E-state index in [1.54, 1.807) is 12.2 Å². The van der Waals surface area contributed by atoms with E-state index in [9.17, 15) is 34.5 Å². The summed E-state index contributed by atoms with van der Waals surface area (Å²) in [6.07, 6.45) is 74.3. The number of hydrogen-bond acceptors (Lipinski definition) is 11. The third-order valence-corrected chi connectivity index (χ3v) is 12.2. The Hall–Kier alpha value is -6.44. The summed E-state index contributed by atoms with van der Waals surface area (Å²) in [6, 6.07) is 0. The van der Waals surface area contributed by atoms with Gasteiger partial charge in [0.1, 0.15) is 18.8 Å². The van der Waals surface area contributed by atoms with Crippen LogP contribution in [0.4, 0.5) is 0 Å². The fraction of sp³-hybridized carbons (Fsp3) is 0.493. The minimum Gasteiger partial charge on any atom is -0.479 e. The van der Waals surface area contributed by atoms with Crippen LogP contribution in [-0.2, 0) is 42.9 Å². The minimum atomic E-state index is -1.96. The molecule has 1 rings (SSSR count). The van der Waals surface area contributed by atoms with Crippen LogP contribution < -0.4 is 0 Å². The van der Waals surface area contributed by atoms with Gasteiger partial charge < -0.3 is 39.0 Å². The monoisotopic (exact) mass is 1150 g/mol. The van der Waals surface area contributed by atoms with Crippen molar-refractivity contribution in [3.05, 3.63) is 194 Å². The smallest absolute Gasteiger partial charge is 0.335 e. The summed E-state index contributed by atoms with van der Waals surface area (Å²) >= 11 is 0. The van der Waals surface area contributed by atoms with Crippen LogP contribution in [0.25, 0.3) is 0 Å². The maximum absolute atomic E-state index is 13.2. The zero-order chi connectivity index (χ0) is 60.3. The van der Waals surface area contributed by atoms with Gasteiger partial charge in [-0.05, 0) is 128 Å². The van der Waals surface area contributed by atoms with E-state index in [1.165, 1.54) is 0 Å². The topological polar surface area (TPSA) is 175 Å². The first-order valence-electron chi connectivity index (χ1n) is 30.4. The van der Waals surface area contributed by atoms with Gasteiger partial charge in [0.05, 0.1) is 13.0 Å². The molecule has 12 heteroatoms. The zero-order valence-corrected chi connectivity index (χ0v) is 50.3. The predicted octanol–water partition coefficient (Wildman–Crippen LogP) is 16.2. The van der Waals surface area contributed by atoms with Gasteiger partial charge in [-0.15, -0.1) is 0 Å². The standard InChI is InChI=1S/C71H102O12/c1-4-7-10-13-16-19-22-25-28-30-32-34-37-39-42-45-48-51-54-57-63(72)79-60-62(81-64(73)58-55-52-49-46-43-41-38-35-33-31-29-26-23-20-17-14-11-8-5-2)61-80-71-69(67(76)66(75)68(83-71)70(77)78)82-65(74)59-56-53-50-47-44-40-36-27-24-21-18-15-12-9-6-3/h7-12,16-21,25-29,32-36,39,41-44,47-48,51,53,56,62,66-69,71,75-76H,4-6,13-15,22-24,30-31,37-38,40,45-46,49-50,52,54-55,57-61H2,1-3H3,(H,77,78)/b10-7-,11-8-,12-9-,19-16-,20-17-,21-18-,28-25-,29-26-,34-32-,35-33-,36-27-,42-39-,43-41-,47-44-,51-48-,56-53-. The number of esters is 3. The number of carboxylic acid groups (broad SMARTS) is 1. The summed E-state index contributed by atoms with van der Waals surface area (Å²) in [7, 11) is 0. The molecule has 0 spiro atoms. The highest BCUT2D eigenvalue weighted by Crippen LogP contribution is 2.26. The Morgan fingerprint density at radius 2 is 0.783 bits per heavy atom. The average Bonchev–Trinajstić information content (AvgIpc) is 3.58. The Labute approximate surface area is 499 Å². The lowest BCUT2D eigenvalue weighted by Gasteiger charge is -2.40. The van der Waals surface area contributed by atoms with Gasteiger partial charge in [-0.1, -0.05) is 222 Å². The number of aliphatic hydroxyl groups is 2. The molecule has 1 aliphatic heterocycles. The van der Waals surface area contributed by atoms with Crippen LogP contribution in [-0.4, -0.2) is 89.2 Å². The molecule has 0 aromatic rings. The molecule has 6 atom stereocenters. The van der Waals surface area contributed by atoms with E-state index in [0.29, 0.717) is 25.7 Å². The first-order chi connectivity index (χ1) is 40.6. The molecule has 83 heavy (non-hydrogen) atoms. The molecular formula is C71H102O12. The molecule has 0 radical (unpaired) electrons. The molecule has 1 aliphatic rings. The highest BCUT2D eigenvalue weighted by Gasteiger charge is 2.50. The van der Waals surface area contributed by atoms with E-state index in [2.05, 4.69) is 179 Å². The van der Waals surface area contributed by atoms with Gasteiger partial charge in [-0.3, -0.25) is 14.4 Å². The lowest BCUT2D eigenvalue weighted by molar-refractivity contribution is -0.301. The lowest BCUT2D eigenvalue weighted by atomic mass is 9.98. The molecule has 3 N–H and O–H groups in total. The first-order valence-corrected chi connectivity index (χ1v) is 30.4. The van der Waals surface area contributed by atoms with Gasteiger partial charge in [0.15, 0.2) is 24.6 Å². The third-order valence-electron chi connectivity index (χ3n) is 12.2. The number of carbonyl (C=O) groups excluding carboxylic acids is 3. The van der Waals surface area contributed by atoms with Crippen molar-refractivity contribution in [1.29, 1.82) is 0 Å². The summed E-state index contributed by atoms with van der Waals surface area (Å²) in [5.74, 6) is -3.48. The Balaban J connectivity index is 2.82. The Morgan fingerprint density at radius 3 is 1.18 bits per heavy atom. The molecule has 0 aromatic heterocycles. The zero-order valence-electron chi connectivity index (χ0n) is 50.3. The van der Waals surface area contributed by atoms with Crippen LogP contribution in [0.3, 0.4) is 0 Å². The van der Waals surface area contributed by atoms with E-state index >= 15 is 0 Å². The number of aliphatic carboxylic acids is 1. The Kier molecular flexibility index (Phi) is 50.4. The van der Waals surface area contributed by atoms with Gasteiger partial charge in [-0.2, -0.15) is 0 Å². The van der Waals surface area contributed by atoms with E-state index in [0.717, 1.165) is 109 Å². The molecule has 6 unspecified atom stereocenters. The molecule has 0 bridgehead atoms. The number of rotatable bonds is 48. The van der Waals surface area contributed by atoms with Crippen molar-refractivity contribution in [2.45, 2.75) is 212 Å². The highest BCUT2D eigenvalue weighted by molar-refractivity contribution is 5.74. The van der Waals surface area contributed by atoms with Gasteiger partial charge in [0.2, 0.25) is 0 Å². The van der Waals surface area contributed by atoms with E-state index in [4.69, 9.17) is 23.7 Å². The molecular weight excluding hydrogens is 1040 g/mol. The number of ether oxygens (including phenoxy) is 5. The number of allylic oxidation sites excluding steroid dienone is 31. The first kappa shape index (κ1) is 74.6. The van der Waals surface area contributed by atoms with Crippen molar-refractivity contribution in [2.24, 2.45) is 0 Å². The second-order valence-electron chi connectivity index (χ2n) is 19.5. The van der Waals surface area contributed by atoms with Crippen molar-refractivity contribution < 1.29 is 58.2 Å². The fourth-order valence-electron chi connectivity index (χ4n) is 7.67. The minimum absolute atomic E-state index is 0.0631. The molecule has 0 saturated carbocycles. The largest absolute Gasteiger partial charge is 0.479 e. The van der Waals surface area contributed by atoms with E-state index < -0.39 is 73.9 Å². The summed E-state index contributed by atoms with van der Waals surface area (Å²) in [6.45, 7) is 5.49. The van der Waals surface area contributed by atoms with Crippen molar-refractivity contribution in [1.82, 2.24) is 0 Å². The molecule has 12 nitrogen and oxygen atoms in total. The fourth-order valence-corrected chi connectivity index (χ4v) is 7.67. The molecule has 0 aromatic carbocycles. The highest BCUT2D eigenvalue weighted by atomic mass is 16.7. The molecule has 0 amide bonds. The summed E-state index contributed by atoms with van der Waals surface area (Å²) < 4.78 is 28.2. The number of aliphatic hydroxyl groups excluding tert-OH is 2. The van der Waals surface area contributed by atoms with E-state index in [1.807, 2.05) is 24.3 Å². The van der Waals surface area contributed by atoms with Crippen LogP contribution >= 0.6 is 0 Å². The lowest BCUT2D eigenvalue weighted by Crippen LogP contribution is -2.61. The van der Waals surface area contributed by atoms with Crippen molar-refractivity contribution in [3.8, 4) is 0 Å². The van der Waals surface area contributed by atoms with Gasteiger partial charge in [0, 0.05) is 12.8 Å². The molecule has 1 saturated heterocycles. The second-order valence-corrected chi connectivity index (χ2v) is 19.5. The Bertz CT molecular complexity index is 2190. The second kappa shape index (κ2) is 56.1. The van der Waals surface area contributed by atoms with Crippen molar-refractivity contribution in [3.63, 3.8) is 0 Å². The van der Waals surface area contributed by atoms with Crippen LogP contribution in [0, 0.1) is 0 Å². The summed E-state index contributed by atoms with van der Waals surface area (Å²) in [5.41, 5.74) is 0. The van der Waals surface area contributed by atoms with Gasteiger partial charge >= 0.3 is 23.9 Å². The SMILES string of the molecule is CC/C=C\C/C=C\C/C=C\C/C=C\C/C=C\C/C=C\CCC(=O)OCC(COC1OC(C(=O)O)C(O)C(O)C1OC(=O)C/C=C\C/C=C\C/C=C\C/C=C\C/C=C\CC)OC(=O)CCCCC/C=C\C/C=C\C/C=C\C/C=C\C/C=C\CC. The number of hydrogen-bond donors (Lipinski definition) is 3. The van der Waals surface area contributed by atoms with Crippen LogP contribution in [0.15, 0.2) is 194 Å². The molecule has 0 aliphatic carbocycles. The van der Waals surface area contributed by atoms with Crippen LogP contribution in [0.5, 0.6) is 0 Å². The van der Waals surface area contributed by atoms with E-state index in [-0.39, 0.29) is 19.3 Å². The van der Waals surface area contributed by atoms with Gasteiger partial charge in [-0.25, -0.2) is 4.79 Å². The van der Waals surface area contributed by atoms with Crippen molar-refractivity contribution >= 4 is 23.9 Å². The normalized spacial score (nSPS) is 19.0. The average molecular weight is 1150 g/mol. The predicted molar refractivity (Wildman–Crippen MR) is 339 cm³/mol.